The first-order chi connectivity index (χ1) is 5.47. The van der Waals surface area contributed by atoms with Crippen molar-refractivity contribution < 1.29 is 0 Å². The molecule has 0 nitrogen and oxygen atoms in total. The summed E-state index contributed by atoms with van der Waals surface area (Å²) in [6.45, 7) is 9.36. The van der Waals surface area contributed by atoms with E-state index in [0.717, 1.165) is 11.8 Å². The van der Waals surface area contributed by atoms with E-state index in [4.69, 9.17) is 0 Å². The molecule has 1 rings (SSSR count). The molecule has 0 bridgehead atoms. The first-order valence-electron chi connectivity index (χ1n) is 5.14. The fourth-order valence-electron chi connectivity index (χ4n) is 2.13. The highest BCUT2D eigenvalue weighted by molar-refractivity contribution is 4.96. The van der Waals surface area contributed by atoms with Gasteiger partial charge in [0.25, 0.3) is 0 Å². The van der Waals surface area contributed by atoms with E-state index in [1.54, 1.807) is 0 Å². The second-order valence-electron chi connectivity index (χ2n) is 5.53. The smallest absolute Gasteiger partial charge is 0.0226 e. The van der Waals surface area contributed by atoms with Crippen LogP contribution in [0, 0.1) is 17.3 Å². The Kier molecular flexibility index (Phi) is 2.98. The Morgan fingerprint density at radius 3 is 2.50 bits per heavy atom. The minimum Gasteiger partial charge on any atom is -0.0880 e. The normalized spacial score (nSPS) is 30.7. The van der Waals surface area contributed by atoms with Crippen LogP contribution in [0.2, 0.25) is 0 Å². The maximum absolute atomic E-state index is 2.42. The maximum atomic E-state index is 2.42. The molecule has 2 unspecified atom stereocenters. The van der Waals surface area contributed by atoms with Gasteiger partial charge in [-0.3, -0.25) is 0 Å². The van der Waals surface area contributed by atoms with Crippen LogP contribution >= 0.6 is 0 Å². The molecule has 0 spiro atoms. The van der Waals surface area contributed by atoms with Crippen LogP contribution in [0.3, 0.4) is 0 Å². The molecule has 0 aliphatic heterocycles. The second-order valence-corrected chi connectivity index (χ2v) is 5.53. The van der Waals surface area contributed by atoms with Gasteiger partial charge in [0.05, 0.1) is 0 Å². The summed E-state index contributed by atoms with van der Waals surface area (Å²) in [4.78, 5) is 0. The van der Waals surface area contributed by atoms with Gasteiger partial charge in [-0.2, -0.15) is 0 Å². The molecule has 0 saturated heterocycles. The molecule has 0 aromatic carbocycles. The molecule has 0 heterocycles. The van der Waals surface area contributed by atoms with Gasteiger partial charge < -0.3 is 0 Å². The Morgan fingerprint density at radius 1 is 1.33 bits per heavy atom. The van der Waals surface area contributed by atoms with Gasteiger partial charge in [0.2, 0.25) is 0 Å². The summed E-state index contributed by atoms with van der Waals surface area (Å²) in [5, 5.41) is 0. The minimum atomic E-state index is 0.492. The average Bonchev–Trinajstić information content (AvgIpc) is 1.82. The van der Waals surface area contributed by atoms with E-state index in [9.17, 15) is 0 Å². The molecule has 0 heteroatoms. The second kappa shape index (κ2) is 3.64. The van der Waals surface area contributed by atoms with Gasteiger partial charge in [0.1, 0.15) is 0 Å². The third-order valence-electron chi connectivity index (χ3n) is 2.53. The molecular weight excluding hydrogens is 144 g/mol. The summed E-state index contributed by atoms with van der Waals surface area (Å²) >= 11 is 0. The van der Waals surface area contributed by atoms with Crippen molar-refractivity contribution in [2.24, 2.45) is 17.3 Å². The highest BCUT2D eigenvalue weighted by atomic mass is 14.3. The molecule has 0 N–H and O–H groups in total. The molecule has 0 aromatic rings. The maximum Gasteiger partial charge on any atom is -0.0226 e. The van der Waals surface area contributed by atoms with E-state index < -0.39 is 0 Å². The van der Waals surface area contributed by atoms with Crippen LogP contribution in [-0.2, 0) is 0 Å². The van der Waals surface area contributed by atoms with Gasteiger partial charge >= 0.3 is 0 Å². The minimum absolute atomic E-state index is 0.492. The summed E-state index contributed by atoms with van der Waals surface area (Å²) in [6, 6.07) is 0. The summed E-state index contributed by atoms with van der Waals surface area (Å²) in [5.74, 6) is 1.75. The molecular formula is C12H22. The Balaban J connectivity index is 2.43. The van der Waals surface area contributed by atoms with E-state index >= 15 is 0 Å². The van der Waals surface area contributed by atoms with Crippen molar-refractivity contribution in [3.63, 3.8) is 0 Å². The lowest BCUT2D eigenvalue weighted by Gasteiger charge is -2.28. The molecule has 0 amide bonds. The molecule has 1 aliphatic carbocycles. The van der Waals surface area contributed by atoms with Crippen molar-refractivity contribution in [1.29, 1.82) is 0 Å². The number of allylic oxidation sites excluding steroid dienone is 2. The van der Waals surface area contributed by atoms with Crippen LogP contribution in [0.4, 0.5) is 0 Å². The Bertz CT molecular complexity index is 159. The van der Waals surface area contributed by atoms with Crippen molar-refractivity contribution in [2.45, 2.75) is 47.0 Å². The predicted octanol–water partition coefficient (Wildman–Crippen LogP) is 4.02. The lowest BCUT2D eigenvalue weighted by atomic mass is 9.78. The van der Waals surface area contributed by atoms with E-state index in [2.05, 4.69) is 39.8 Å². The number of hydrogen-bond donors (Lipinski definition) is 0. The highest BCUT2D eigenvalue weighted by Crippen LogP contribution is 2.32. The van der Waals surface area contributed by atoms with Gasteiger partial charge in [0, 0.05) is 0 Å². The first kappa shape index (κ1) is 9.83. The highest BCUT2D eigenvalue weighted by Gasteiger charge is 2.20. The predicted molar refractivity (Wildman–Crippen MR) is 55.1 cm³/mol. The van der Waals surface area contributed by atoms with E-state index in [-0.39, 0.29) is 0 Å². The molecule has 12 heavy (non-hydrogen) atoms. The molecule has 70 valence electrons. The Labute approximate surface area is 77.1 Å². The van der Waals surface area contributed by atoms with Crippen LogP contribution in [0.5, 0.6) is 0 Å². The first-order valence-corrected chi connectivity index (χ1v) is 5.14. The van der Waals surface area contributed by atoms with Crippen molar-refractivity contribution in [3.8, 4) is 0 Å². The van der Waals surface area contributed by atoms with Crippen LogP contribution in [0.25, 0.3) is 0 Å². The Morgan fingerprint density at radius 2 is 2.00 bits per heavy atom. The summed E-state index contributed by atoms with van der Waals surface area (Å²) < 4.78 is 0. The fraction of sp³-hybridized carbons (Fsp3) is 0.833. The van der Waals surface area contributed by atoms with Crippen LogP contribution in [0.1, 0.15) is 47.0 Å². The van der Waals surface area contributed by atoms with Crippen LogP contribution < -0.4 is 0 Å². The zero-order valence-corrected chi connectivity index (χ0v) is 8.93. The molecule has 0 fully saturated rings. The zero-order valence-electron chi connectivity index (χ0n) is 8.93. The van der Waals surface area contributed by atoms with Gasteiger partial charge in [-0.1, -0.05) is 39.8 Å². The van der Waals surface area contributed by atoms with Crippen molar-refractivity contribution in [3.05, 3.63) is 12.2 Å². The summed E-state index contributed by atoms with van der Waals surface area (Å²) in [7, 11) is 0. The average molecular weight is 166 g/mol. The van der Waals surface area contributed by atoms with Gasteiger partial charge in [-0.25, -0.2) is 0 Å². The lowest BCUT2D eigenvalue weighted by molar-refractivity contribution is 0.286. The van der Waals surface area contributed by atoms with Gasteiger partial charge in [-0.15, -0.1) is 0 Å². The Hall–Kier alpha value is -0.260. The standard InChI is InChI=1S/C12H22/c1-10-6-5-7-11(8-10)9-12(2,3)4/h5,7,10-11H,6,8-9H2,1-4H3. The van der Waals surface area contributed by atoms with Crippen molar-refractivity contribution in [2.75, 3.05) is 0 Å². The molecule has 0 saturated carbocycles. The van der Waals surface area contributed by atoms with E-state index in [1.165, 1.54) is 19.3 Å². The molecule has 0 radical (unpaired) electrons. The van der Waals surface area contributed by atoms with Crippen molar-refractivity contribution in [1.82, 2.24) is 0 Å². The largest absolute Gasteiger partial charge is 0.0880 e. The third kappa shape index (κ3) is 3.42. The lowest BCUT2D eigenvalue weighted by Crippen LogP contribution is -2.16. The van der Waals surface area contributed by atoms with E-state index in [1.807, 2.05) is 0 Å². The van der Waals surface area contributed by atoms with Crippen molar-refractivity contribution >= 4 is 0 Å². The van der Waals surface area contributed by atoms with Gasteiger partial charge in [0.15, 0.2) is 0 Å². The molecule has 0 aromatic heterocycles. The zero-order chi connectivity index (χ0) is 9.19. The fourth-order valence-corrected chi connectivity index (χ4v) is 2.13. The quantitative estimate of drug-likeness (QED) is 0.516. The number of hydrogen-bond acceptors (Lipinski definition) is 0. The monoisotopic (exact) mass is 166 g/mol. The SMILES string of the molecule is CC1CC=CC(CC(C)(C)C)C1. The molecule has 1 aliphatic rings. The summed E-state index contributed by atoms with van der Waals surface area (Å²) in [5.41, 5.74) is 0.492. The van der Waals surface area contributed by atoms with E-state index in [0.29, 0.717) is 5.41 Å². The third-order valence-corrected chi connectivity index (χ3v) is 2.53. The number of rotatable bonds is 1. The molecule has 2 atom stereocenters. The van der Waals surface area contributed by atoms with Gasteiger partial charge in [-0.05, 0) is 36.5 Å². The van der Waals surface area contributed by atoms with Crippen LogP contribution in [0.15, 0.2) is 12.2 Å². The van der Waals surface area contributed by atoms with Crippen LogP contribution in [-0.4, -0.2) is 0 Å². The summed E-state index contributed by atoms with van der Waals surface area (Å²) in [6.07, 6.45) is 8.82. The topological polar surface area (TPSA) is 0 Å².